The van der Waals surface area contributed by atoms with E-state index < -0.39 is 5.91 Å². The van der Waals surface area contributed by atoms with E-state index in [-0.39, 0.29) is 12.5 Å². The van der Waals surface area contributed by atoms with E-state index in [0.717, 1.165) is 16.5 Å². The molecule has 2 amide bonds. The van der Waals surface area contributed by atoms with Crippen LogP contribution < -0.4 is 16.8 Å². The van der Waals surface area contributed by atoms with Crippen LogP contribution in [0, 0.1) is 6.92 Å². The first-order chi connectivity index (χ1) is 11.8. The van der Waals surface area contributed by atoms with E-state index >= 15 is 0 Å². The van der Waals surface area contributed by atoms with Crippen LogP contribution in [-0.2, 0) is 6.54 Å². The van der Waals surface area contributed by atoms with E-state index in [9.17, 15) is 9.59 Å². The Morgan fingerprint density at radius 2 is 1.92 bits per heavy atom. The van der Waals surface area contributed by atoms with Crippen molar-refractivity contribution in [1.29, 1.82) is 0 Å². The number of aryl methyl sites for hydroxylation is 1. The number of aromatic nitrogens is 1. The number of nitrogens with one attached hydrogen (secondary N) is 2. The molecular formula is C18H17ClN4O2. The van der Waals surface area contributed by atoms with Gasteiger partial charge in [0.1, 0.15) is 5.69 Å². The van der Waals surface area contributed by atoms with Crippen molar-refractivity contribution in [3.63, 3.8) is 0 Å². The van der Waals surface area contributed by atoms with Crippen LogP contribution in [0.25, 0.3) is 10.9 Å². The highest BCUT2D eigenvalue weighted by atomic mass is 35.5. The molecule has 1 aromatic heterocycles. The number of anilines is 1. The molecule has 0 radical (unpaired) electrons. The number of amides is 2. The fraction of sp³-hybridized carbons (Fsp3) is 0.111. The Labute approximate surface area is 149 Å². The Kier molecular flexibility index (Phi) is 4.37. The van der Waals surface area contributed by atoms with Gasteiger partial charge in [0.15, 0.2) is 0 Å². The molecule has 1 heterocycles. The van der Waals surface area contributed by atoms with Crippen LogP contribution in [0.5, 0.6) is 0 Å². The zero-order chi connectivity index (χ0) is 18.1. The Bertz CT molecular complexity index is 955. The van der Waals surface area contributed by atoms with Gasteiger partial charge in [-0.25, -0.2) is 0 Å². The van der Waals surface area contributed by atoms with E-state index in [0.29, 0.717) is 27.5 Å². The molecule has 0 saturated carbocycles. The first-order valence-corrected chi connectivity index (χ1v) is 7.97. The summed E-state index contributed by atoms with van der Waals surface area (Å²) in [6.07, 6.45) is 0. The van der Waals surface area contributed by atoms with Gasteiger partial charge in [-0.15, -0.1) is 0 Å². The molecule has 0 spiro atoms. The van der Waals surface area contributed by atoms with E-state index in [4.69, 9.17) is 23.1 Å². The second-order valence-corrected chi connectivity index (χ2v) is 6.29. The molecule has 0 aliphatic heterocycles. The van der Waals surface area contributed by atoms with E-state index in [1.165, 1.54) is 6.07 Å². The minimum atomic E-state index is -0.567. The molecule has 25 heavy (non-hydrogen) atoms. The predicted octanol–water partition coefficient (Wildman–Crippen LogP) is 2.74. The number of carbonyl (C=O) groups excluding carboxylic acids is 2. The first-order valence-electron chi connectivity index (χ1n) is 7.60. The number of nitrogens with two attached hydrogens (primary N) is 2. The normalized spacial score (nSPS) is 10.8. The number of hydrogen-bond donors (Lipinski definition) is 4. The first kappa shape index (κ1) is 16.9. The maximum absolute atomic E-state index is 12.4. The Hall–Kier alpha value is -2.99. The summed E-state index contributed by atoms with van der Waals surface area (Å²) in [5.41, 5.74) is 14.6. The van der Waals surface area contributed by atoms with Crippen LogP contribution in [0.2, 0.25) is 5.02 Å². The van der Waals surface area contributed by atoms with Crippen molar-refractivity contribution in [2.75, 3.05) is 5.73 Å². The number of halogens is 1. The monoisotopic (exact) mass is 356 g/mol. The van der Waals surface area contributed by atoms with Gasteiger partial charge in [-0.2, -0.15) is 0 Å². The molecule has 3 rings (SSSR count). The second kappa shape index (κ2) is 6.49. The SMILES string of the molecule is Cc1cc2cc(C(=O)NCc3cc(N)cc(C(N)=O)c3)[nH]c2cc1Cl. The van der Waals surface area contributed by atoms with Crippen LogP contribution in [-0.4, -0.2) is 16.8 Å². The maximum Gasteiger partial charge on any atom is 0.267 e. The summed E-state index contributed by atoms with van der Waals surface area (Å²) in [7, 11) is 0. The van der Waals surface area contributed by atoms with Crippen molar-refractivity contribution in [3.8, 4) is 0 Å². The predicted molar refractivity (Wildman–Crippen MR) is 98.6 cm³/mol. The van der Waals surface area contributed by atoms with Gasteiger partial charge in [0, 0.05) is 33.7 Å². The third-order valence-corrected chi connectivity index (χ3v) is 4.30. The van der Waals surface area contributed by atoms with E-state index in [2.05, 4.69) is 10.3 Å². The van der Waals surface area contributed by atoms with Gasteiger partial charge < -0.3 is 21.8 Å². The Morgan fingerprint density at radius 1 is 1.16 bits per heavy atom. The lowest BCUT2D eigenvalue weighted by Crippen LogP contribution is -2.23. The molecule has 0 fully saturated rings. The van der Waals surface area contributed by atoms with E-state index in [1.807, 2.05) is 13.0 Å². The second-order valence-electron chi connectivity index (χ2n) is 5.88. The highest BCUT2D eigenvalue weighted by Gasteiger charge is 2.11. The number of benzene rings is 2. The standard InChI is InChI=1S/C18H17ClN4O2/c1-9-2-11-6-16(23-15(11)7-14(9)19)18(25)22-8-10-3-12(17(21)24)5-13(20)4-10/h2-7,23H,8,20H2,1H3,(H2,21,24)(H,22,25). The molecular weight excluding hydrogens is 340 g/mol. The molecule has 128 valence electrons. The molecule has 0 saturated heterocycles. The highest BCUT2D eigenvalue weighted by molar-refractivity contribution is 6.32. The molecule has 6 nitrogen and oxygen atoms in total. The van der Waals surface area contributed by atoms with Gasteiger partial charge in [0.05, 0.1) is 0 Å². The minimum Gasteiger partial charge on any atom is -0.399 e. The quantitative estimate of drug-likeness (QED) is 0.539. The zero-order valence-corrected chi connectivity index (χ0v) is 14.3. The molecule has 3 aromatic rings. The maximum atomic E-state index is 12.4. The lowest BCUT2D eigenvalue weighted by Gasteiger charge is -2.07. The third-order valence-electron chi connectivity index (χ3n) is 3.90. The Balaban J connectivity index is 1.78. The number of aromatic amines is 1. The number of fused-ring (bicyclic) bond motifs is 1. The van der Waals surface area contributed by atoms with Crippen LogP contribution in [0.4, 0.5) is 5.69 Å². The number of hydrogen-bond acceptors (Lipinski definition) is 3. The average Bonchev–Trinajstić information content (AvgIpc) is 2.95. The topological polar surface area (TPSA) is 114 Å². The summed E-state index contributed by atoms with van der Waals surface area (Å²) in [5, 5.41) is 4.34. The highest BCUT2D eigenvalue weighted by Crippen LogP contribution is 2.24. The van der Waals surface area contributed by atoms with Gasteiger partial charge in [0.2, 0.25) is 5.91 Å². The van der Waals surface area contributed by atoms with Crippen LogP contribution in [0.3, 0.4) is 0 Å². The molecule has 6 N–H and O–H groups in total. The van der Waals surface area contributed by atoms with Gasteiger partial charge in [-0.3, -0.25) is 9.59 Å². The number of rotatable bonds is 4. The van der Waals surface area contributed by atoms with Gasteiger partial charge >= 0.3 is 0 Å². The molecule has 2 aromatic carbocycles. The fourth-order valence-electron chi connectivity index (χ4n) is 2.63. The molecule has 0 aliphatic rings. The third kappa shape index (κ3) is 3.59. The lowest BCUT2D eigenvalue weighted by atomic mass is 10.1. The van der Waals surface area contributed by atoms with Crippen LogP contribution in [0.15, 0.2) is 36.4 Å². The summed E-state index contributed by atoms with van der Waals surface area (Å²) >= 11 is 6.10. The minimum absolute atomic E-state index is 0.222. The summed E-state index contributed by atoms with van der Waals surface area (Å²) in [5.74, 6) is -0.837. The van der Waals surface area contributed by atoms with Crippen molar-refractivity contribution in [1.82, 2.24) is 10.3 Å². The summed E-state index contributed by atoms with van der Waals surface area (Å²) in [4.78, 5) is 26.7. The lowest BCUT2D eigenvalue weighted by molar-refractivity contribution is 0.0946. The van der Waals surface area contributed by atoms with Gasteiger partial charge in [-0.1, -0.05) is 11.6 Å². The van der Waals surface area contributed by atoms with Gasteiger partial charge in [-0.05, 0) is 54.4 Å². The molecule has 0 aliphatic carbocycles. The Morgan fingerprint density at radius 3 is 2.64 bits per heavy atom. The number of primary amides is 1. The molecule has 0 bridgehead atoms. The van der Waals surface area contributed by atoms with Crippen molar-refractivity contribution in [3.05, 3.63) is 63.8 Å². The zero-order valence-electron chi connectivity index (χ0n) is 13.5. The van der Waals surface area contributed by atoms with Crippen molar-refractivity contribution in [2.45, 2.75) is 13.5 Å². The molecule has 0 atom stereocenters. The average molecular weight is 357 g/mol. The largest absolute Gasteiger partial charge is 0.399 e. The summed E-state index contributed by atoms with van der Waals surface area (Å²) in [6.45, 7) is 2.13. The fourth-order valence-corrected chi connectivity index (χ4v) is 2.79. The smallest absolute Gasteiger partial charge is 0.267 e. The summed E-state index contributed by atoms with van der Waals surface area (Å²) in [6, 6.07) is 10.3. The van der Waals surface area contributed by atoms with Crippen molar-refractivity contribution < 1.29 is 9.59 Å². The number of nitrogen functional groups attached to an aromatic ring is 1. The summed E-state index contributed by atoms with van der Waals surface area (Å²) < 4.78 is 0. The van der Waals surface area contributed by atoms with E-state index in [1.54, 1.807) is 24.3 Å². The van der Waals surface area contributed by atoms with Crippen molar-refractivity contribution in [2.24, 2.45) is 5.73 Å². The van der Waals surface area contributed by atoms with Gasteiger partial charge in [0.25, 0.3) is 5.91 Å². The number of carbonyl (C=O) groups is 2. The molecule has 0 unspecified atom stereocenters. The van der Waals surface area contributed by atoms with Crippen LogP contribution >= 0.6 is 11.6 Å². The van der Waals surface area contributed by atoms with Crippen LogP contribution in [0.1, 0.15) is 32.0 Å². The van der Waals surface area contributed by atoms with Crippen molar-refractivity contribution >= 4 is 40.0 Å². The number of H-pyrrole nitrogens is 1. The molecule has 7 heteroatoms.